The molecule has 0 radical (unpaired) electrons. The zero-order valence-electron chi connectivity index (χ0n) is 9.75. The van der Waals surface area contributed by atoms with Crippen molar-refractivity contribution >= 4 is 29.2 Å². The minimum Gasteiger partial charge on any atom is -0.347 e. The van der Waals surface area contributed by atoms with Gasteiger partial charge in [0.1, 0.15) is 17.3 Å². The largest absolute Gasteiger partial charge is 0.347 e. The molecule has 0 aliphatic carbocycles. The summed E-state index contributed by atoms with van der Waals surface area (Å²) in [5, 5.41) is 9.15. The third kappa shape index (κ3) is 2.15. The van der Waals surface area contributed by atoms with Crippen LogP contribution in [0.2, 0.25) is 5.15 Å². The minimum atomic E-state index is 0.469. The number of anilines is 1. The molecule has 94 valence electrons. The van der Waals surface area contributed by atoms with E-state index in [4.69, 9.17) is 11.6 Å². The van der Waals surface area contributed by atoms with Crippen molar-refractivity contribution in [1.29, 1.82) is 0 Å². The van der Waals surface area contributed by atoms with E-state index in [2.05, 4.69) is 29.6 Å². The fraction of sp³-hybridized carbons (Fsp3) is 0.400. The smallest absolute Gasteiger partial charge is 0.190 e. The molecule has 1 aliphatic rings. The zero-order chi connectivity index (χ0) is 12.5. The summed E-state index contributed by atoms with van der Waals surface area (Å²) in [6.07, 6.45) is 3.69. The average molecular weight is 283 g/mol. The lowest BCUT2D eigenvalue weighted by Crippen LogP contribution is -2.34. The van der Waals surface area contributed by atoms with Gasteiger partial charge in [-0.3, -0.25) is 0 Å². The summed E-state index contributed by atoms with van der Waals surface area (Å²) >= 11 is 7.48. The number of thioether (sulfide) groups is 1. The van der Waals surface area contributed by atoms with E-state index >= 15 is 0 Å². The Bertz CT molecular complexity index is 571. The predicted molar refractivity (Wildman–Crippen MR) is 69.9 cm³/mol. The molecule has 0 aromatic carbocycles. The molecule has 2 aromatic rings. The Morgan fingerprint density at radius 1 is 1.33 bits per heavy atom. The van der Waals surface area contributed by atoms with Gasteiger partial charge in [-0.15, -0.1) is 10.2 Å². The fourth-order valence-corrected chi connectivity index (χ4v) is 2.50. The van der Waals surface area contributed by atoms with E-state index in [1.807, 2.05) is 6.26 Å². The number of halogens is 1. The van der Waals surface area contributed by atoms with Crippen LogP contribution in [0.4, 0.5) is 5.82 Å². The third-order valence-corrected chi connectivity index (χ3v) is 3.55. The predicted octanol–water partition coefficient (Wildman–Crippen LogP) is 1.46. The first-order valence-electron chi connectivity index (χ1n) is 5.46. The SMILES string of the molecule is CSc1nc(Cl)cc(N2CCn3cnnc3C2)n1. The molecule has 3 heterocycles. The van der Waals surface area contributed by atoms with Gasteiger partial charge in [0, 0.05) is 19.2 Å². The Balaban J connectivity index is 1.90. The van der Waals surface area contributed by atoms with Crippen molar-refractivity contribution in [3.05, 3.63) is 23.4 Å². The summed E-state index contributed by atoms with van der Waals surface area (Å²) in [7, 11) is 0. The fourth-order valence-electron chi connectivity index (χ4n) is 1.90. The van der Waals surface area contributed by atoms with Gasteiger partial charge in [0.25, 0.3) is 0 Å². The first-order valence-corrected chi connectivity index (χ1v) is 7.07. The number of aromatic nitrogens is 5. The molecule has 18 heavy (non-hydrogen) atoms. The van der Waals surface area contributed by atoms with Crippen molar-refractivity contribution in [3.63, 3.8) is 0 Å². The molecule has 0 bridgehead atoms. The molecule has 3 rings (SSSR count). The summed E-state index contributed by atoms with van der Waals surface area (Å²) < 4.78 is 2.05. The normalized spacial score (nSPS) is 14.7. The van der Waals surface area contributed by atoms with Crippen LogP contribution in [0.1, 0.15) is 5.82 Å². The van der Waals surface area contributed by atoms with Crippen molar-refractivity contribution < 1.29 is 0 Å². The quantitative estimate of drug-likeness (QED) is 0.472. The lowest BCUT2D eigenvalue weighted by molar-refractivity contribution is 0.554. The van der Waals surface area contributed by atoms with Crippen molar-refractivity contribution in [2.24, 2.45) is 0 Å². The molecule has 0 spiro atoms. The Morgan fingerprint density at radius 3 is 3.06 bits per heavy atom. The molecule has 0 amide bonds. The summed E-state index contributed by atoms with van der Waals surface area (Å²) in [4.78, 5) is 10.7. The maximum atomic E-state index is 6.00. The standard InChI is InChI=1S/C10H11ClN6S/c1-18-10-13-7(11)4-8(14-10)16-2-3-17-6-12-15-9(17)5-16/h4,6H,2-3,5H2,1H3. The van der Waals surface area contributed by atoms with Crippen molar-refractivity contribution in [2.75, 3.05) is 17.7 Å². The highest BCUT2D eigenvalue weighted by molar-refractivity contribution is 7.98. The van der Waals surface area contributed by atoms with Gasteiger partial charge < -0.3 is 9.47 Å². The van der Waals surface area contributed by atoms with Crippen LogP contribution in [0, 0.1) is 0 Å². The molecule has 0 fully saturated rings. The summed E-state index contributed by atoms with van der Waals surface area (Å²) in [5.41, 5.74) is 0. The summed E-state index contributed by atoms with van der Waals surface area (Å²) in [6.45, 7) is 2.42. The molecule has 0 saturated carbocycles. The summed E-state index contributed by atoms with van der Waals surface area (Å²) in [5.74, 6) is 1.79. The van der Waals surface area contributed by atoms with Gasteiger partial charge in [-0.1, -0.05) is 23.4 Å². The van der Waals surface area contributed by atoms with Gasteiger partial charge in [0.2, 0.25) is 0 Å². The Labute approximate surface area is 113 Å². The highest BCUT2D eigenvalue weighted by Gasteiger charge is 2.19. The zero-order valence-corrected chi connectivity index (χ0v) is 11.3. The molecule has 1 aliphatic heterocycles. The van der Waals surface area contributed by atoms with Gasteiger partial charge in [-0.05, 0) is 6.26 Å². The molecule has 6 nitrogen and oxygen atoms in total. The highest BCUT2D eigenvalue weighted by atomic mass is 35.5. The van der Waals surface area contributed by atoms with Gasteiger partial charge >= 0.3 is 0 Å². The van der Waals surface area contributed by atoms with E-state index in [0.717, 1.165) is 24.7 Å². The van der Waals surface area contributed by atoms with Crippen LogP contribution in [0.15, 0.2) is 17.6 Å². The number of hydrogen-bond donors (Lipinski definition) is 0. The van der Waals surface area contributed by atoms with Gasteiger partial charge in [-0.2, -0.15) is 0 Å². The molecule has 2 aromatic heterocycles. The van der Waals surface area contributed by atoms with E-state index in [1.54, 1.807) is 12.4 Å². The Morgan fingerprint density at radius 2 is 2.22 bits per heavy atom. The Hall–Kier alpha value is -1.34. The van der Waals surface area contributed by atoms with Crippen LogP contribution in [0.25, 0.3) is 0 Å². The second-order valence-electron chi connectivity index (χ2n) is 3.90. The van der Waals surface area contributed by atoms with Crippen LogP contribution in [-0.2, 0) is 13.1 Å². The minimum absolute atomic E-state index is 0.469. The topological polar surface area (TPSA) is 59.7 Å². The molecule has 8 heteroatoms. The van der Waals surface area contributed by atoms with Gasteiger partial charge in [0.05, 0.1) is 6.54 Å². The third-order valence-electron chi connectivity index (χ3n) is 2.81. The maximum absolute atomic E-state index is 6.00. The number of rotatable bonds is 2. The van der Waals surface area contributed by atoms with Crippen molar-refractivity contribution in [1.82, 2.24) is 24.7 Å². The highest BCUT2D eigenvalue weighted by Crippen LogP contribution is 2.23. The molecular weight excluding hydrogens is 272 g/mol. The molecule has 0 unspecified atom stereocenters. The molecule has 0 atom stereocenters. The number of fused-ring (bicyclic) bond motifs is 1. The van der Waals surface area contributed by atoms with Crippen LogP contribution >= 0.6 is 23.4 Å². The molecular formula is C10H11ClN6S. The lowest BCUT2D eigenvalue weighted by Gasteiger charge is -2.28. The van der Waals surface area contributed by atoms with Gasteiger partial charge in [0.15, 0.2) is 11.0 Å². The Kier molecular flexibility index (Phi) is 3.09. The van der Waals surface area contributed by atoms with Crippen molar-refractivity contribution in [2.45, 2.75) is 18.2 Å². The van der Waals surface area contributed by atoms with E-state index in [1.165, 1.54) is 11.8 Å². The van der Waals surface area contributed by atoms with E-state index in [0.29, 0.717) is 16.9 Å². The van der Waals surface area contributed by atoms with E-state index in [-0.39, 0.29) is 0 Å². The van der Waals surface area contributed by atoms with Gasteiger partial charge in [-0.25, -0.2) is 9.97 Å². The van der Waals surface area contributed by atoms with Crippen LogP contribution in [0.5, 0.6) is 0 Å². The summed E-state index contributed by atoms with van der Waals surface area (Å²) in [6, 6.07) is 1.79. The monoisotopic (exact) mass is 282 g/mol. The average Bonchev–Trinajstić information content (AvgIpc) is 2.85. The number of hydrogen-bond acceptors (Lipinski definition) is 6. The van der Waals surface area contributed by atoms with Crippen LogP contribution in [0.3, 0.4) is 0 Å². The first-order chi connectivity index (χ1) is 8.76. The van der Waals surface area contributed by atoms with Crippen LogP contribution < -0.4 is 4.90 Å². The number of nitrogens with zero attached hydrogens (tertiary/aromatic N) is 6. The maximum Gasteiger partial charge on any atom is 0.190 e. The van der Waals surface area contributed by atoms with Crippen molar-refractivity contribution in [3.8, 4) is 0 Å². The first kappa shape index (κ1) is 11.7. The van der Waals surface area contributed by atoms with E-state index in [9.17, 15) is 0 Å². The molecule has 0 N–H and O–H groups in total. The lowest BCUT2D eigenvalue weighted by atomic mass is 10.3. The molecule has 0 saturated heterocycles. The van der Waals surface area contributed by atoms with E-state index < -0.39 is 0 Å². The van der Waals surface area contributed by atoms with Crippen LogP contribution in [-0.4, -0.2) is 37.5 Å². The second-order valence-corrected chi connectivity index (χ2v) is 5.06. The second kappa shape index (κ2) is 4.74.